The Hall–Kier alpha value is -0.870. The zero-order valence-electron chi connectivity index (χ0n) is 8.45. The number of esters is 1. The van der Waals surface area contributed by atoms with Gasteiger partial charge in [0.25, 0.3) is 0 Å². The molecule has 1 aliphatic rings. The van der Waals surface area contributed by atoms with Crippen molar-refractivity contribution in [3.63, 3.8) is 0 Å². The van der Waals surface area contributed by atoms with Crippen molar-refractivity contribution < 1.29 is 19.0 Å². The Balaban J connectivity index is 2.38. The lowest BCUT2D eigenvalue weighted by atomic mass is 9.94. The topological polar surface area (TPSA) is 44.8 Å². The summed E-state index contributed by atoms with van der Waals surface area (Å²) in [5.41, 5.74) is -0.241. The van der Waals surface area contributed by atoms with Crippen molar-refractivity contribution in [2.45, 2.75) is 6.92 Å². The van der Waals surface area contributed by atoms with E-state index in [1.165, 1.54) is 0 Å². The molecule has 0 atom stereocenters. The van der Waals surface area contributed by atoms with Crippen LogP contribution in [0, 0.1) is 5.41 Å². The van der Waals surface area contributed by atoms with E-state index in [4.69, 9.17) is 14.2 Å². The highest BCUT2D eigenvalue weighted by Gasteiger charge is 2.28. The van der Waals surface area contributed by atoms with Crippen LogP contribution in [0.25, 0.3) is 0 Å². The number of ether oxygens (including phenoxy) is 3. The lowest BCUT2D eigenvalue weighted by Crippen LogP contribution is -2.33. The van der Waals surface area contributed by atoms with E-state index in [1.807, 2.05) is 6.92 Å². The fraction of sp³-hybridized carbons (Fsp3) is 0.700. The summed E-state index contributed by atoms with van der Waals surface area (Å²) in [4.78, 5) is 10.9. The summed E-state index contributed by atoms with van der Waals surface area (Å²) >= 11 is 0. The van der Waals surface area contributed by atoms with Gasteiger partial charge in [0.2, 0.25) is 0 Å². The summed E-state index contributed by atoms with van der Waals surface area (Å²) in [7, 11) is 0. The Bertz CT molecular complexity index is 204. The molecule has 1 saturated heterocycles. The molecule has 0 saturated carbocycles. The minimum absolute atomic E-state index is 0.241. The van der Waals surface area contributed by atoms with Crippen LogP contribution in [-0.4, -0.2) is 39.0 Å². The van der Waals surface area contributed by atoms with Crippen LogP contribution in [0.4, 0.5) is 0 Å². The first-order valence-corrected chi connectivity index (χ1v) is 4.61. The molecule has 0 unspecified atom stereocenters. The minimum atomic E-state index is -0.407. The third-order valence-electron chi connectivity index (χ3n) is 2.00. The highest BCUT2D eigenvalue weighted by molar-refractivity contribution is 5.81. The van der Waals surface area contributed by atoms with Crippen LogP contribution in [0.3, 0.4) is 0 Å². The smallest absolute Gasteiger partial charge is 0.330 e. The highest BCUT2D eigenvalue weighted by atomic mass is 16.6. The van der Waals surface area contributed by atoms with Crippen molar-refractivity contribution in [1.82, 2.24) is 0 Å². The fourth-order valence-corrected chi connectivity index (χ4v) is 1.18. The molecule has 0 aliphatic carbocycles. The van der Waals surface area contributed by atoms with Gasteiger partial charge in [-0.2, -0.15) is 0 Å². The maximum Gasteiger partial charge on any atom is 0.330 e. The second kappa shape index (κ2) is 5.12. The average molecular weight is 200 g/mol. The van der Waals surface area contributed by atoms with E-state index in [0.717, 1.165) is 6.08 Å². The minimum Gasteiger partial charge on any atom is -0.462 e. The maximum absolute atomic E-state index is 10.9. The van der Waals surface area contributed by atoms with Gasteiger partial charge in [-0.25, -0.2) is 4.79 Å². The van der Waals surface area contributed by atoms with Gasteiger partial charge in [-0.1, -0.05) is 13.5 Å². The van der Waals surface area contributed by atoms with Crippen LogP contribution in [0.5, 0.6) is 0 Å². The predicted molar refractivity (Wildman–Crippen MR) is 50.9 cm³/mol. The molecule has 0 amide bonds. The number of hydrogen-bond donors (Lipinski definition) is 0. The Morgan fingerprint density at radius 2 is 2.07 bits per heavy atom. The molecule has 0 radical (unpaired) electrons. The van der Waals surface area contributed by atoms with Crippen molar-refractivity contribution in [3.8, 4) is 0 Å². The molecule has 0 aromatic carbocycles. The SMILES string of the molecule is C=CC(=O)OCC1(C)COCCOC1. The second-order valence-corrected chi connectivity index (χ2v) is 3.73. The second-order valence-electron chi connectivity index (χ2n) is 3.73. The Labute approximate surface area is 83.8 Å². The lowest BCUT2D eigenvalue weighted by molar-refractivity contribution is -0.143. The molecule has 4 heteroatoms. The fourth-order valence-electron chi connectivity index (χ4n) is 1.18. The molecular formula is C10H16O4. The van der Waals surface area contributed by atoms with Crippen LogP contribution >= 0.6 is 0 Å². The van der Waals surface area contributed by atoms with Gasteiger partial charge < -0.3 is 14.2 Å². The summed E-state index contributed by atoms with van der Waals surface area (Å²) < 4.78 is 15.6. The van der Waals surface area contributed by atoms with Crippen molar-refractivity contribution in [2.75, 3.05) is 33.0 Å². The highest BCUT2D eigenvalue weighted by Crippen LogP contribution is 2.20. The van der Waals surface area contributed by atoms with E-state index in [1.54, 1.807) is 0 Å². The zero-order valence-corrected chi connectivity index (χ0v) is 8.45. The van der Waals surface area contributed by atoms with Gasteiger partial charge in [-0.15, -0.1) is 0 Å². The monoisotopic (exact) mass is 200 g/mol. The molecule has 1 fully saturated rings. The van der Waals surface area contributed by atoms with Crippen molar-refractivity contribution in [2.24, 2.45) is 5.41 Å². The summed E-state index contributed by atoms with van der Waals surface area (Å²) in [6.07, 6.45) is 1.15. The zero-order chi connectivity index (χ0) is 10.4. The van der Waals surface area contributed by atoms with Crippen LogP contribution in [0.1, 0.15) is 6.92 Å². The van der Waals surface area contributed by atoms with E-state index < -0.39 is 5.97 Å². The first-order chi connectivity index (χ1) is 6.66. The molecule has 1 aliphatic heterocycles. The van der Waals surface area contributed by atoms with Crippen LogP contribution in [0.15, 0.2) is 12.7 Å². The first-order valence-electron chi connectivity index (χ1n) is 4.61. The molecule has 0 spiro atoms. The molecule has 80 valence electrons. The molecule has 1 rings (SSSR count). The Kier molecular flexibility index (Phi) is 4.10. The van der Waals surface area contributed by atoms with Crippen LogP contribution < -0.4 is 0 Å². The summed E-state index contributed by atoms with van der Waals surface area (Å²) in [5, 5.41) is 0. The summed E-state index contributed by atoms with van der Waals surface area (Å²) in [6, 6.07) is 0. The third-order valence-corrected chi connectivity index (χ3v) is 2.00. The number of carbonyl (C=O) groups excluding carboxylic acids is 1. The van der Waals surface area contributed by atoms with E-state index in [9.17, 15) is 4.79 Å². The Morgan fingerprint density at radius 1 is 1.50 bits per heavy atom. The van der Waals surface area contributed by atoms with Gasteiger partial charge in [-0.05, 0) is 0 Å². The van der Waals surface area contributed by atoms with Gasteiger partial charge in [0, 0.05) is 11.5 Å². The molecule has 1 heterocycles. The van der Waals surface area contributed by atoms with E-state index in [0.29, 0.717) is 33.0 Å². The predicted octanol–water partition coefficient (Wildman–Crippen LogP) is 0.769. The molecule has 0 aromatic heterocycles. The van der Waals surface area contributed by atoms with Gasteiger partial charge in [-0.3, -0.25) is 0 Å². The number of rotatable bonds is 3. The summed E-state index contributed by atoms with van der Waals surface area (Å²) in [6.45, 7) is 7.91. The molecule has 0 N–H and O–H groups in total. The van der Waals surface area contributed by atoms with Gasteiger partial charge >= 0.3 is 5.97 Å². The van der Waals surface area contributed by atoms with E-state index in [-0.39, 0.29) is 5.41 Å². The van der Waals surface area contributed by atoms with Crippen LogP contribution in [0.2, 0.25) is 0 Å². The average Bonchev–Trinajstić information content (AvgIpc) is 2.40. The molecule has 4 nitrogen and oxygen atoms in total. The first kappa shape index (κ1) is 11.2. The lowest BCUT2D eigenvalue weighted by Gasteiger charge is -2.25. The van der Waals surface area contributed by atoms with Gasteiger partial charge in [0.1, 0.15) is 6.61 Å². The van der Waals surface area contributed by atoms with Gasteiger partial charge in [0.15, 0.2) is 0 Å². The molecule has 14 heavy (non-hydrogen) atoms. The van der Waals surface area contributed by atoms with E-state index in [2.05, 4.69) is 6.58 Å². The molecular weight excluding hydrogens is 184 g/mol. The quantitative estimate of drug-likeness (QED) is 0.498. The van der Waals surface area contributed by atoms with Crippen molar-refractivity contribution >= 4 is 5.97 Å². The van der Waals surface area contributed by atoms with Crippen molar-refractivity contribution in [3.05, 3.63) is 12.7 Å². The Morgan fingerprint density at radius 3 is 2.57 bits per heavy atom. The third kappa shape index (κ3) is 3.47. The van der Waals surface area contributed by atoms with Crippen molar-refractivity contribution in [1.29, 1.82) is 0 Å². The number of hydrogen-bond acceptors (Lipinski definition) is 4. The van der Waals surface area contributed by atoms with Gasteiger partial charge in [0.05, 0.1) is 26.4 Å². The van der Waals surface area contributed by atoms with Crippen LogP contribution in [-0.2, 0) is 19.0 Å². The largest absolute Gasteiger partial charge is 0.462 e. The molecule has 0 bridgehead atoms. The molecule has 0 aromatic rings. The summed E-state index contributed by atoms with van der Waals surface area (Å²) in [5.74, 6) is -0.407. The normalized spacial score (nSPS) is 20.9. The maximum atomic E-state index is 10.9. The van der Waals surface area contributed by atoms with E-state index >= 15 is 0 Å². The standard InChI is InChI=1S/C10H16O4/c1-3-9(11)14-8-10(2)6-12-4-5-13-7-10/h3H,1,4-8H2,2H3. The number of carbonyl (C=O) groups is 1.